The van der Waals surface area contributed by atoms with E-state index in [1.54, 1.807) is 21.9 Å². The zero-order chi connectivity index (χ0) is 24.8. The van der Waals surface area contributed by atoms with E-state index in [0.717, 1.165) is 10.4 Å². The maximum atomic E-state index is 13.3. The van der Waals surface area contributed by atoms with Crippen LogP contribution in [-0.4, -0.2) is 49.8 Å². The van der Waals surface area contributed by atoms with Gasteiger partial charge < -0.3 is 9.80 Å². The van der Waals surface area contributed by atoms with Gasteiger partial charge in [0.15, 0.2) is 0 Å². The van der Waals surface area contributed by atoms with Gasteiger partial charge in [0, 0.05) is 49.1 Å². The third-order valence-electron chi connectivity index (χ3n) is 6.55. The molecule has 0 saturated carbocycles. The Hall–Kier alpha value is -2.31. The number of nitrogens with zero attached hydrogens (tertiary/aromatic N) is 3. The van der Waals surface area contributed by atoms with E-state index in [1.165, 1.54) is 41.9 Å². The van der Waals surface area contributed by atoms with Crippen LogP contribution in [0, 0.1) is 0 Å². The zero-order valence-corrected chi connectivity index (χ0v) is 22.1. The molecular formula is C23H23ClN4O4S3. The Balaban J connectivity index is 1.48. The number of carbonyl (C=O) groups is 2. The molecule has 2 aliphatic heterocycles. The van der Waals surface area contributed by atoms with Crippen LogP contribution in [0.5, 0.6) is 0 Å². The number of rotatable bonds is 6. The molecule has 2 aliphatic rings. The average Bonchev–Trinajstić information content (AvgIpc) is 3.61. The summed E-state index contributed by atoms with van der Waals surface area (Å²) in [6, 6.07) is 8.65. The van der Waals surface area contributed by atoms with E-state index in [9.17, 15) is 18.0 Å². The highest BCUT2D eigenvalue weighted by Crippen LogP contribution is 2.47. The largest absolute Gasteiger partial charge is 0.342 e. The summed E-state index contributed by atoms with van der Waals surface area (Å²) in [4.78, 5) is 34.1. The van der Waals surface area contributed by atoms with Crippen LogP contribution in [0.2, 0.25) is 4.34 Å². The third-order valence-corrected chi connectivity index (χ3v) is 9.94. The van der Waals surface area contributed by atoms with Crippen molar-refractivity contribution in [2.45, 2.75) is 36.6 Å². The summed E-state index contributed by atoms with van der Waals surface area (Å²) in [5.74, 6) is -0.172. The molecule has 1 spiro atoms. The van der Waals surface area contributed by atoms with Crippen molar-refractivity contribution >= 4 is 61.8 Å². The van der Waals surface area contributed by atoms with Crippen LogP contribution in [0.25, 0.3) is 0 Å². The second kappa shape index (κ2) is 9.29. The minimum Gasteiger partial charge on any atom is -0.342 e. The van der Waals surface area contributed by atoms with Crippen molar-refractivity contribution in [2.24, 2.45) is 0 Å². The second-order valence-corrected chi connectivity index (χ2v) is 13.3. The molecule has 5 rings (SSSR count). The molecule has 1 aromatic carbocycles. The van der Waals surface area contributed by atoms with Gasteiger partial charge in [0.25, 0.3) is 0 Å². The van der Waals surface area contributed by atoms with Gasteiger partial charge in [-0.05, 0) is 41.6 Å². The monoisotopic (exact) mass is 550 g/mol. The highest BCUT2D eigenvalue weighted by atomic mass is 35.5. The molecule has 3 aromatic rings. The van der Waals surface area contributed by atoms with E-state index < -0.39 is 15.4 Å². The van der Waals surface area contributed by atoms with E-state index >= 15 is 0 Å². The second-order valence-electron chi connectivity index (χ2n) is 8.77. The van der Waals surface area contributed by atoms with Gasteiger partial charge in [0.2, 0.25) is 21.8 Å². The Kier molecular flexibility index (Phi) is 6.47. The molecule has 1 atom stereocenters. The molecule has 1 fully saturated rings. The molecule has 2 aromatic heterocycles. The van der Waals surface area contributed by atoms with Crippen LogP contribution in [0.4, 0.5) is 5.69 Å². The van der Waals surface area contributed by atoms with Crippen LogP contribution in [0.3, 0.4) is 0 Å². The summed E-state index contributed by atoms with van der Waals surface area (Å²) in [6.45, 7) is 3.12. The van der Waals surface area contributed by atoms with Crippen molar-refractivity contribution in [2.75, 3.05) is 24.5 Å². The maximum absolute atomic E-state index is 13.3. The lowest BCUT2D eigenvalue weighted by atomic mass is 9.81. The predicted molar refractivity (Wildman–Crippen MR) is 137 cm³/mol. The zero-order valence-electron chi connectivity index (χ0n) is 18.9. The minimum absolute atomic E-state index is 0.0352. The van der Waals surface area contributed by atoms with E-state index in [1.807, 2.05) is 17.5 Å². The summed E-state index contributed by atoms with van der Waals surface area (Å²) in [6.07, 6.45) is 2.28. The lowest BCUT2D eigenvalue weighted by Crippen LogP contribution is -2.40. The molecule has 12 heteroatoms. The smallest absolute Gasteiger partial charge is 0.240 e. The average molecular weight is 551 g/mol. The van der Waals surface area contributed by atoms with Crippen LogP contribution in [-0.2, 0) is 38.0 Å². The molecule has 35 heavy (non-hydrogen) atoms. The third kappa shape index (κ3) is 4.75. The summed E-state index contributed by atoms with van der Waals surface area (Å²) in [5, 5.41) is 2.52. The number of thiazole rings is 1. The number of halogens is 1. The molecule has 1 unspecified atom stereocenters. The Morgan fingerprint density at radius 2 is 2.09 bits per heavy atom. The fourth-order valence-electron chi connectivity index (χ4n) is 4.79. The normalized spacial score (nSPS) is 19.5. The minimum atomic E-state index is -3.77. The lowest BCUT2D eigenvalue weighted by molar-refractivity contribution is -0.127. The molecule has 8 nitrogen and oxygen atoms in total. The molecule has 0 bridgehead atoms. The number of amides is 2. The van der Waals surface area contributed by atoms with Gasteiger partial charge in [-0.15, -0.1) is 22.7 Å². The first kappa shape index (κ1) is 24.4. The standard InChI is InChI=1S/C23H23ClN4O4S3/c1-15(29)27-7-6-23(13-27)14-28(22(30)10-21-25-12-20(24)34-21)19-5-4-17(9-18(19)23)35(31,32)26-11-16-3-2-8-33-16/h2-5,8-9,12,26H,6-7,10-11,13-14H2,1H3. The fraction of sp³-hybridized carbons (Fsp3) is 0.348. The first-order chi connectivity index (χ1) is 16.7. The maximum Gasteiger partial charge on any atom is 0.240 e. The molecule has 0 aliphatic carbocycles. The topological polar surface area (TPSA) is 99.7 Å². The molecule has 1 N–H and O–H groups in total. The fourth-order valence-corrected chi connectivity index (χ4v) is 7.50. The van der Waals surface area contributed by atoms with Gasteiger partial charge >= 0.3 is 0 Å². The van der Waals surface area contributed by atoms with Gasteiger partial charge in [0.1, 0.15) is 9.34 Å². The quantitative estimate of drug-likeness (QED) is 0.507. The SMILES string of the molecule is CC(=O)N1CCC2(C1)CN(C(=O)Cc1ncc(Cl)s1)c1ccc(S(=O)(=O)NCc3cccs3)cc12. The van der Waals surface area contributed by atoms with E-state index in [-0.39, 0.29) is 29.7 Å². The van der Waals surface area contributed by atoms with Crippen LogP contribution >= 0.6 is 34.3 Å². The van der Waals surface area contributed by atoms with Crippen LogP contribution in [0.15, 0.2) is 46.8 Å². The summed E-state index contributed by atoms with van der Waals surface area (Å²) in [5.41, 5.74) is 0.947. The van der Waals surface area contributed by atoms with Crippen molar-refractivity contribution in [3.05, 3.63) is 61.7 Å². The predicted octanol–water partition coefficient (Wildman–Crippen LogP) is 3.42. The summed E-state index contributed by atoms with van der Waals surface area (Å²) in [7, 11) is -3.77. The van der Waals surface area contributed by atoms with Gasteiger partial charge in [-0.2, -0.15) is 0 Å². The van der Waals surface area contributed by atoms with E-state index in [2.05, 4.69) is 9.71 Å². The van der Waals surface area contributed by atoms with E-state index in [0.29, 0.717) is 41.1 Å². The number of nitrogens with one attached hydrogen (secondary N) is 1. The van der Waals surface area contributed by atoms with Crippen molar-refractivity contribution in [1.29, 1.82) is 0 Å². The molecule has 184 valence electrons. The number of thiophene rings is 1. The lowest BCUT2D eigenvalue weighted by Gasteiger charge is -2.25. The Morgan fingerprint density at radius 3 is 2.74 bits per heavy atom. The van der Waals surface area contributed by atoms with Crippen molar-refractivity contribution in [1.82, 2.24) is 14.6 Å². The Bertz CT molecular complexity index is 1390. The number of likely N-dealkylation sites (tertiary alicyclic amines) is 1. The molecule has 0 radical (unpaired) electrons. The highest BCUT2D eigenvalue weighted by Gasteiger charge is 2.49. The Morgan fingerprint density at radius 1 is 1.26 bits per heavy atom. The van der Waals surface area contributed by atoms with Crippen LogP contribution in [0.1, 0.15) is 28.8 Å². The van der Waals surface area contributed by atoms with Gasteiger partial charge in [-0.3, -0.25) is 9.59 Å². The van der Waals surface area contributed by atoms with Crippen molar-refractivity contribution in [3.63, 3.8) is 0 Å². The Labute approximate surface area is 216 Å². The van der Waals surface area contributed by atoms with Crippen molar-refractivity contribution < 1.29 is 18.0 Å². The van der Waals surface area contributed by atoms with Gasteiger partial charge in [-0.25, -0.2) is 18.1 Å². The van der Waals surface area contributed by atoms with Crippen LogP contribution < -0.4 is 9.62 Å². The molecule has 2 amide bonds. The summed E-state index contributed by atoms with van der Waals surface area (Å²) >= 11 is 8.72. The number of carbonyl (C=O) groups excluding carboxylic acids is 2. The molecule has 1 saturated heterocycles. The first-order valence-electron chi connectivity index (χ1n) is 11.0. The molecule has 4 heterocycles. The summed E-state index contributed by atoms with van der Waals surface area (Å²) < 4.78 is 29.4. The van der Waals surface area contributed by atoms with Crippen molar-refractivity contribution in [3.8, 4) is 0 Å². The van der Waals surface area contributed by atoms with E-state index in [4.69, 9.17) is 11.6 Å². The van der Waals surface area contributed by atoms with Gasteiger partial charge in [0.05, 0.1) is 17.5 Å². The highest BCUT2D eigenvalue weighted by molar-refractivity contribution is 7.89. The number of sulfonamides is 1. The molecular weight excluding hydrogens is 528 g/mol. The van der Waals surface area contributed by atoms with Gasteiger partial charge in [-0.1, -0.05) is 17.7 Å². The first-order valence-corrected chi connectivity index (χ1v) is 14.6. The number of benzene rings is 1. The number of fused-ring (bicyclic) bond motifs is 2. The number of hydrogen-bond donors (Lipinski definition) is 1. The number of aromatic nitrogens is 1. The number of anilines is 1. The number of hydrogen-bond acceptors (Lipinski definition) is 7.